The molecule has 1 aliphatic rings. The molecule has 0 unspecified atom stereocenters. The van der Waals surface area contributed by atoms with Crippen LogP contribution in [0.4, 0.5) is 0 Å². The van der Waals surface area contributed by atoms with E-state index in [9.17, 15) is 10.2 Å². The van der Waals surface area contributed by atoms with E-state index >= 15 is 0 Å². The van der Waals surface area contributed by atoms with Gasteiger partial charge in [-0.05, 0) is 60.4 Å². The van der Waals surface area contributed by atoms with E-state index in [1.807, 2.05) is 18.2 Å². The minimum Gasteiger partial charge on any atom is -0.506 e. The van der Waals surface area contributed by atoms with Gasteiger partial charge in [0.15, 0.2) is 8.32 Å². The van der Waals surface area contributed by atoms with Crippen LogP contribution in [0.3, 0.4) is 0 Å². The fourth-order valence-corrected chi connectivity index (χ4v) is 5.27. The zero-order valence-electron chi connectivity index (χ0n) is 17.0. The highest BCUT2D eigenvalue weighted by Crippen LogP contribution is 2.49. The number of aliphatic hydroxyl groups is 1. The average Bonchev–Trinajstić information content (AvgIpc) is 2.75. The summed E-state index contributed by atoms with van der Waals surface area (Å²) in [4.78, 5) is 0. The normalized spacial score (nSPS) is 26.8. The van der Waals surface area contributed by atoms with Crippen molar-refractivity contribution in [2.24, 2.45) is 5.92 Å². The summed E-state index contributed by atoms with van der Waals surface area (Å²) in [5.74, 6) is 0.0955. The summed E-state index contributed by atoms with van der Waals surface area (Å²) in [6, 6.07) is 5.64. The molecule has 1 saturated carbocycles. The molecule has 0 saturated heterocycles. The summed E-state index contributed by atoms with van der Waals surface area (Å²) >= 11 is 3.40. The van der Waals surface area contributed by atoms with Crippen LogP contribution in [0, 0.1) is 5.92 Å². The fraction of sp³-hybridized carbons (Fsp3) is 0.619. The van der Waals surface area contributed by atoms with E-state index in [0.29, 0.717) is 10.9 Å². The number of phenols is 1. The van der Waals surface area contributed by atoms with E-state index < -0.39 is 14.4 Å². The molecule has 3 nitrogen and oxygen atoms in total. The Morgan fingerprint density at radius 1 is 1.27 bits per heavy atom. The van der Waals surface area contributed by atoms with Gasteiger partial charge in [-0.25, -0.2) is 0 Å². The number of aromatic hydroxyl groups is 1. The maximum absolute atomic E-state index is 10.9. The molecule has 146 valence electrons. The molecule has 26 heavy (non-hydrogen) atoms. The van der Waals surface area contributed by atoms with E-state index in [2.05, 4.69) is 69.7 Å². The summed E-state index contributed by atoms with van der Waals surface area (Å²) in [7, 11) is -1.96. The molecule has 0 aromatic heterocycles. The highest BCUT2D eigenvalue weighted by atomic mass is 79.9. The van der Waals surface area contributed by atoms with Crippen molar-refractivity contribution in [1.29, 1.82) is 0 Å². The summed E-state index contributed by atoms with van der Waals surface area (Å²) in [5, 5.41) is 21.6. The van der Waals surface area contributed by atoms with E-state index in [-0.39, 0.29) is 28.7 Å². The number of halogens is 1. The molecule has 1 aromatic carbocycles. The maximum Gasteiger partial charge on any atom is 0.192 e. The smallest absolute Gasteiger partial charge is 0.192 e. The van der Waals surface area contributed by atoms with Gasteiger partial charge in [0.25, 0.3) is 0 Å². The first-order valence-electron chi connectivity index (χ1n) is 9.33. The van der Waals surface area contributed by atoms with Crippen molar-refractivity contribution in [1.82, 2.24) is 0 Å². The molecule has 4 atom stereocenters. The van der Waals surface area contributed by atoms with Gasteiger partial charge in [0.05, 0.1) is 16.7 Å². The van der Waals surface area contributed by atoms with Crippen molar-refractivity contribution in [3.05, 3.63) is 39.9 Å². The lowest BCUT2D eigenvalue weighted by Gasteiger charge is -2.40. The van der Waals surface area contributed by atoms with Crippen molar-refractivity contribution < 1.29 is 14.6 Å². The summed E-state index contributed by atoms with van der Waals surface area (Å²) in [5.41, 5.74) is 1.99. The van der Waals surface area contributed by atoms with Gasteiger partial charge in [0, 0.05) is 17.4 Å². The van der Waals surface area contributed by atoms with Crippen LogP contribution < -0.4 is 0 Å². The first-order chi connectivity index (χ1) is 11.8. The number of hydrogen-bond acceptors (Lipinski definition) is 3. The molecular weight excluding hydrogens is 408 g/mol. The van der Waals surface area contributed by atoms with Crippen molar-refractivity contribution >= 4 is 24.2 Å². The third kappa shape index (κ3) is 4.43. The zero-order valence-corrected chi connectivity index (χ0v) is 19.6. The summed E-state index contributed by atoms with van der Waals surface area (Å²) in [6.07, 6.45) is 2.23. The van der Waals surface area contributed by atoms with Gasteiger partial charge < -0.3 is 14.6 Å². The number of phenolic OH excluding ortho intramolecular Hbond substituents is 1. The third-order valence-electron chi connectivity index (χ3n) is 5.89. The number of benzene rings is 1. The van der Waals surface area contributed by atoms with Gasteiger partial charge in [-0.3, -0.25) is 0 Å². The predicted octanol–water partition coefficient (Wildman–Crippen LogP) is 5.98. The highest BCUT2D eigenvalue weighted by Gasteiger charge is 2.48. The Bertz CT molecular complexity index is 674. The van der Waals surface area contributed by atoms with Crippen LogP contribution in [0.5, 0.6) is 5.75 Å². The van der Waals surface area contributed by atoms with Crippen LogP contribution in [0.1, 0.15) is 52.5 Å². The quantitative estimate of drug-likeness (QED) is 0.447. The molecule has 0 bridgehead atoms. The van der Waals surface area contributed by atoms with Gasteiger partial charge >= 0.3 is 0 Å². The number of allylic oxidation sites excluding steroid dienone is 1. The molecule has 5 heteroatoms. The number of hydrogen-bond donors (Lipinski definition) is 2. The molecule has 0 aliphatic heterocycles. The second-order valence-corrected chi connectivity index (χ2v) is 14.9. The molecule has 0 heterocycles. The second kappa shape index (κ2) is 7.78. The van der Waals surface area contributed by atoms with Gasteiger partial charge in [0.1, 0.15) is 5.75 Å². The second-order valence-electron chi connectivity index (χ2n) is 9.24. The number of rotatable bonds is 4. The van der Waals surface area contributed by atoms with Crippen LogP contribution in [0.25, 0.3) is 0 Å². The Balaban J connectivity index is 2.44. The van der Waals surface area contributed by atoms with Crippen molar-refractivity contribution in [2.75, 3.05) is 0 Å². The summed E-state index contributed by atoms with van der Waals surface area (Å²) < 4.78 is 7.37. The molecule has 0 spiro atoms. The van der Waals surface area contributed by atoms with Crippen molar-refractivity contribution in [2.45, 2.75) is 77.3 Å². The topological polar surface area (TPSA) is 49.7 Å². The molecule has 2 rings (SSSR count). The van der Waals surface area contributed by atoms with Crippen LogP contribution in [0.2, 0.25) is 18.1 Å². The minimum atomic E-state index is -1.96. The van der Waals surface area contributed by atoms with Crippen LogP contribution in [-0.4, -0.2) is 30.7 Å². The molecular formula is C21H33BrO3Si. The van der Waals surface area contributed by atoms with Crippen LogP contribution in [0.15, 0.2) is 34.3 Å². The van der Waals surface area contributed by atoms with Gasteiger partial charge in [-0.2, -0.15) is 0 Å². The zero-order chi connectivity index (χ0) is 19.9. The first kappa shape index (κ1) is 21.7. The molecule has 0 radical (unpaired) electrons. The Morgan fingerprint density at radius 3 is 2.42 bits per heavy atom. The standard InChI is InChI=1S/C21H33BrO3Si/c1-13(2)11-15-18(25-26(6,7)21(3,4)5)12-17(23)19(15)14-9-8-10-16(22)20(14)24/h8-11,15,17-19,23-24H,12H2,1-7H3/t15-,17+,18+,19+/m0/s1. The Hall–Kier alpha value is -0.623. The number of aliphatic hydroxyl groups excluding tert-OH is 1. The summed E-state index contributed by atoms with van der Waals surface area (Å²) in [6.45, 7) is 15.4. The monoisotopic (exact) mass is 440 g/mol. The van der Waals surface area contributed by atoms with E-state index in [4.69, 9.17) is 4.43 Å². The number of para-hydroxylation sites is 1. The Kier molecular flexibility index (Phi) is 6.49. The lowest BCUT2D eigenvalue weighted by molar-refractivity contribution is 0.132. The van der Waals surface area contributed by atoms with E-state index in [0.717, 1.165) is 5.56 Å². The predicted molar refractivity (Wildman–Crippen MR) is 114 cm³/mol. The lowest BCUT2D eigenvalue weighted by atomic mass is 9.85. The minimum absolute atomic E-state index is 0.0378. The molecule has 1 aliphatic carbocycles. The van der Waals surface area contributed by atoms with Gasteiger partial charge in [0.2, 0.25) is 0 Å². The molecule has 1 fully saturated rings. The van der Waals surface area contributed by atoms with E-state index in [1.165, 1.54) is 5.57 Å². The Morgan fingerprint density at radius 2 is 1.88 bits per heavy atom. The molecule has 0 amide bonds. The SMILES string of the molecule is CC(C)=C[C@@H]1[C@@H](c2cccc(Br)c2O)[C@H](O)C[C@H]1O[Si](C)(C)C(C)(C)C. The van der Waals surface area contributed by atoms with Gasteiger partial charge in [-0.15, -0.1) is 0 Å². The average molecular weight is 441 g/mol. The lowest BCUT2D eigenvalue weighted by Crippen LogP contribution is -2.44. The Labute approximate surface area is 167 Å². The first-order valence-corrected chi connectivity index (χ1v) is 13.0. The van der Waals surface area contributed by atoms with Crippen molar-refractivity contribution in [3.63, 3.8) is 0 Å². The van der Waals surface area contributed by atoms with Crippen LogP contribution >= 0.6 is 15.9 Å². The van der Waals surface area contributed by atoms with Crippen molar-refractivity contribution in [3.8, 4) is 5.75 Å². The van der Waals surface area contributed by atoms with E-state index in [1.54, 1.807) is 0 Å². The molecule has 1 aromatic rings. The van der Waals surface area contributed by atoms with Crippen LogP contribution in [-0.2, 0) is 4.43 Å². The largest absolute Gasteiger partial charge is 0.506 e. The van der Waals surface area contributed by atoms with Gasteiger partial charge in [-0.1, -0.05) is 44.6 Å². The fourth-order valence-electron chi connectivity index (χ4n) is 3.52. The maximum atomic E-state index is 10.9. The third-order valence-corrected chi connectivity index (χ3v) is 11.0. The molecule has 2 N–H and O–H groups in total. The highest BCUT2D eigenvalue weighted by molar-refractivity contribution is 9.10.